The van der Waals surface area contributed by atoms with E-state index in [1.807, 2.05) is 30.0 Å². The first-order chi connectivity index (χ1) is 16.9. The van der Waals surface area contributed by atoms with Crippen LogP contribution in [-0.4, -0.2) is 77.0 Å². The lowest BCUT2D eigenvalue weighted by Gasteiger charge is -2.45. The van der Waals surface area contributed by atoms with Crippen LogP contribution in [0.5, 0.6) is 0 Å². The van der Waals surface area contributed by atoms with Crippen LogP contribution in [0.25, 0.3) is 0 Å². The average Bonchev–Trinajstić information content (AvgIpc) is 3.53. The van der Waals surface area contributed by atoms with Gasteiger partial charge in [0, 0.05) is 55.2 Å². The molecule has 3 aliphatic heterocycles. The predicted molar refractivity (Wildman–Crippen MR) is 132 cm³/mol. The van der Waals surface area contributed by atoms with Crippen LogP contribution in [0.15, 0.2) is 48.5 Å². The summed E-state index contributed by atoms with van der Waals surface area (Å²) in [5, 5.41) is 0.581. The molecular weight excluding hydrogens is 466 g/mol. The minimum Gasteiger partial charge on any atom is -0.353 e. The summed E-state index contributed by atoms with van der Waals surface area (Å²) >= 11 is 5.97. The Morgan fingerprint density at radius 1 is 0.886 bits per heavy atom. The summed E-state index contributed by atoms with van der Waals surface area (Å²) in [5.41, 5.74) is 1.11. The predicted octanol–water partition coefficient (Wildman–Crippen LogP) is 3.74. The first-order valence-corrected chi connectivity index (χ1v) is 12.6. The Hall–Kier alpha value is -2.90. The van der Waals surface area contributed by atoms with Gasteiger partial charge in [-0.3, -0.25) is 19.3 Å². The van der Waals surface area contributed by atoms with Gasteiger partial charge in [-0.25, -0.2) is 0 Å². The molecule has 184 valence electrons. The second-order valence-electron chi connectivity index (χ2n) is 9.59. The van der Waals surface area contributed by atoms with Crippen LogP contribution in [-0.2, 0) is 9.53 Å². The maximum atomic E-state index is 13.9. The average molecular weight is 496 g/mol. The lowest BCUT2D eigenvalue weighted by molar-refractivity contribution is -0.136. The molecule has 1 spiro atoms. The molecule has 7 nitrogen and oxygen atoms in total. The summed E-state index contributed by atoms with van der Waals surface area (Å²) < 4.78 is 6.32. The largest absolute Gasteiger partial charge is 0.353 e. The van der Waals surface area contributed by atoms with E-state index in [0.717, 1.165) is 31.5 Å². The van der Waals surface area contributed by atoms with E-state index in [9.17, 15) is 14.4 Å². The Labute approximate surface area is 210 Å². The first-order valence-electron chi connectivity index (χ1n) is 12.3. The maximum absolute atomic E-state index is 13.9. The van der Waals surface area contributed by atoms with Gasteiger partial charge in [-0.1, -0.05) is 29.8 Å². The van der Waals surface area contributed by atoms with Crippen molar-refractivity contribution in [2.24, 2.45) is 0 Å². The maximum Gasteiger partial charge on any atom is 0.257 e. The molecule has 0 radical (unpaired) electrons. The zero-order valence-electron chi connectivity index (χ0n) is 19.9. The molecule has 3 saturated heterocycles. The van der Waals surface area contributed by atoms with Crippen molar-refractivity contribution in [3.05, 3.63) is 70.2 Å². The molecule has 2 aromatic carbocycles. The highest BCUT2D eigenvalue weighted by Crippen LogP contribution is 2.39. The van der Waals surface area contributed by atoms with Crippen LogP contribution in [0.1, 0.15) is 52.0 Å². The van der Waals surface area contributed by atoms with Crippen molar-refractivity contribution in [2.75, 3.05) is 32.8 Å². The zero-order valence-corrected chi connectivity index (χ0v) is 20.7. The van der Waals surface area contributed by atoms with Gasteiger partial charge in [-0.05, 0) is 55.7 Å². The van der Waals surface area contributed by atoms with E-state index in [0.29, 0.717) is 42.1 Å². The Morgan fingerprint density at radius 2 is 1.54 bits per heavy atom. The fourth-order valence-corrected chi connectivity index (χ4v) is 5.61. The molecule has 1 atom stereocenters. The van der Waals surface area contributed by atoms with Gasteiger partial charge in [0.25, 0.3) is 11.8 Å². The monoisotopic (exact) mass is 495 g/mol. The summed E-state index contributed by atoms with van der Waals surface area (Å²) in [6.45, 7) is 4.39. The van der Waals surface area contributed by atoms with Gasteiger partial charge in [-0.15, -0.1) is 0 Å². The molecule has 0 aliphatic carbocycles. The lowest BCUT2D eigenvalue weighted by atomic mass is 9.95. The van der Waals surface area contributed by atoms with E-state index in [2.05, 4.69) is 0 Å². The molecule has 3 amide bonds. The van der Waals surface area contributed by atoms with Gasteiger partial charge in [-0.2, -0.15) is 0 Å². The molecule has 0 bridgehead atoms. The molecule has 1 unspecified atom stereocenters. The van der Waals surface area contributed by atoms with Crippen LogP contribution in [0.2, 0.25) is 5.02 Å². The van der Waals surface area contributed by atoms with Crippen LogP contribution >= 0.6 is 11.6 Å². The van der Waals surface area contributed by atoms with E-state index in [1.165, 1.54) is 0 Å². The number of nitrogens with zero attached hydrogens (tertiary/aromatic N) is 3. The van der Waals surface area contributed by atoms with Gasteiger partial charge in [0.2, 0.25) is 5.91 Å². The number of halogens is 1. The van der Waals surface area contributed by atoms with Crippen molar-refractivity contribution in [2.45, 2.75) is 44.4 Å². The van der Waals surface area contributed by atoms with Gasteiger partial charge in [0.1, 0.15) is 11.8 Å². The second kappa shape index (κ2) is 9.63. The molecule has 0 saturated carbocycles. The smallest absolute Gasteiger partial charge is 0.257 e. The highest BCUT2D eigenvalue weighted by atomic mass is 35.5. The third-order valence-electron chi connectivity index (χ3n) is 7.48. The molecule has 3 heterocycles. The Morgan fingerprint density at radius 3 is 2.20 bits per heavy atom. The number of aryl methyl sites for hydroxylation is 1. The minimum absolute atomic E-state index is 0.0408. The minimum atomic E-state index is -0.907. The molecule has 3 fully saturated rings. The topological polar surface area (TPSA) is 70.2 Å². The van der Waals surface area contributed by atoms with Crippen LogP contribution in [0.3, 0.4) is 0 Å². The number of benzene rings is 2. The number of hydrogen-bond donors (Lipinski definition) is 0. The number of hydrogen-bond acceptors (Lipinski definition) is 4. The van der Waals surface area contributed by atoms with Gasteiger partial charge >= 0.3 is 0 Å². The number of ether oxygens (including phenoxy) is 1. The summed E-state index contributed by atoms with van der Waals surface area (Å²) in [6.07, 6.45) is 2.87. The molecule has 2 aromatic rings. The zero-order chi connectivity index (χ0) is 24.6. The standard InChI is InChI=1S/C27H30ClN3O4/c1-19-6-2-3-7-22(19)25(33)31-23(26(34)29-14-4-5-15-29)18-35-27(31)12-16-30(17-13-27)24(32)20-8-10-21(28)11-9-20/h2-3,6-11,23H,4-5,12-18H2,1H3. The van der Waals surface area contributed by atoms with Crippen molar-refractivity contribution >= 4 is 29.3 Å². The number of carbonyl (C=O) groups is 3. The molecule has 35 heavy (non-hydrogen) atoms. The van der Waals surface area contributed by atoms with Crippen molar-refractivity contribution in [1.29, 1.82) is 0 Å². The van der Waals surface area contributed by atoms with Crippen molar-refractivity contribution in [1.82, 2.24) is 14.7 Å². The second-order valence-corrected chi connectivity index (χ2v) is 10.0. The third-order valence-corrected chi connectivity index (χ3v) is 7.73. The number of carbonyl (C=O) groups excluding carboxylic acids is 3. The summed E-state index contributed by atoms with van der Waals surface area (Å²) in [5.74, 6) is -0.299. The van der Waals surface area contributed by atoms with Gasteiger partial charge in [0.05, 0.1) is 6.61 Å². The van der Waals surface area contributed by atoms with E-state index in [-0.39, 0.29) is 24.3 Å². The Balaban J connectivity index is 1.40. The summed E-state index contributed by atoms with van der Waals surface area (Å²) in [6, 6.07) is 13.7. The lowest BCUT2D eigenvalue weighted by Crippen LogP contribution is -2.60. The third kappa shape index (κ3) is 4.43. The normalized spacial score (nSPS) is 21.5. The van der Waals surface area contributed by atoms with Crippen LogP contribution in [0.4, 0.5) is 0 Å². The van der Waals surface area contributed by atoms with Crippen molar-refractivity contribution in [3.63, 3.8) is 0 Å². The molecule has 5 rings (SSSR count). The number of amides is 3. The summed E-state index contributed by atoms with van der Waals surface area (Å²) in [7, 11) is 0. The number of likely N-dealkylation sites (tertiary alicyclic amines) is 2. The molecule has 0 N–H and O–H groups in total. The van der Waals surface area contributed by atoms with Crippen molar-refractivity contribution in [3.8, 4) is 0 Å². The number of piperidine rings is 1. The molecule has 3 aliphatic rings. The Bertz CT molecular complexity index is 1120. The fourth-order valence-electron chi connectivity index (χ4n) is 5.48. The van der Waals surface area contributed by atoms with Crippen LogP contribution < -0.4 is 0 Å². The van der Waals surface area contributed by atoms with Crippen molar-refractivity contribution < 1.29 is 19.1 Å². The van der Waals surface area contributed by atoms with Gasteiger partial charge < -0.3 is 14.5 Å². The number of rotatable bonds is 3. The van der Waals surface area contributed by atoms with Crippen LogP contribution in [0, 0.1) is 6.92 Å². The quantitative estimate of drug-likeness (QED) is 0.650. The SMILES string of the molecule is Cc1ccccc1C(=O)N1C(C(=O)N2CCCC2)COC12CCN(C(=O)c1ccc(Cl)cc1)CC2. The van der Waals surface area contributed by atoms with E-state index in [4.69, 9.17) is 16.3 Å². The van der Waals surface area contributed by atoms with Gasteiger partial charge in [0.15, 0.2) is 0 Å². The molecular formula is C27H30ClN3O4. The fraction of sp³-hybridized carbons (Fsp3) is 0.444. The van der Waals surface area contributed by atoms with E-state index in [1.54, 1.807) is 40.1 Å². The summed E-state index contributed by atoms with van der Waals surface area (Å²) in [4.78, 5) is 45.8. The molecule has 0 aromatic heterocycles. The Kier molecular flexibility index (Phi) is 6.55. The van der Waals surface area contributed by atoms with E-state index >= 15 is 0 Å². The van der Waals surface area contributed by atoms with E-state index < -0.39 is 11.8 Å². The first kappa shape index (κ1) is 23.8. The highest BCUT2D eigenvalue weighted by Gasteiger charge is 2.55. The molecule has 8 heteroatoms. The highest BCUT2D eigenvalue weighted by molar-refractivity contribution is 6.30.